The Morgan fingerprint density at radius 2 is 1.87 bits per heavy atom. The molecule has 3 aliphatic rings. The summed E-state index contributed by atoms with van der Waals surface area (Å²) in [4.78, 5) is 33.1. The van der Waals surface area contributed by atoms with E-state index in [9.17, 15) is 9.59 Å². The van der Waals surface area contributed by atoms with Crippen LogP contribution in [0.25, 0.3) is 0 Å². The molecule has 0 aromatic carbocycles. The Bertz CT molecular complexity index is 822. The van der Waals surface area contributed by atoms with Crippen molar-refractivity contribution in [1.82, 2.24) is 15.5 Å². The Morgan fingerprint density at radius 3 is 2.45 bits per heavy atom. The number of allylic oxidation sites excluding steroid dienone is 2. The number of guanidine groups is 1. The number of halogens is 1. The summed E-state index contributed by atoms with van der Waals surface area (Å²) in [5.74, 6) is 1.22. The zero-order valence-electron chi connectivity index (χ0n) is 18.5. The van der Waals surface area contributed by atoms with Crippen molar-refractivity contribution in [2.24, 2.45) is 28.7 Å². The summed E-state index contributed by atoms with van der Waals surface area (Å²) in [5.41, 5.74) is -0.0178. The normalized spacial score (nSPS) is 26.9. The van der Waals surface area contributed by atoms with E-state index in [0.717, 1.165) is 25.3 Å². The van der Waals surface area contributed by atoms with E-state index in [-0.39, 0.29) is 64.9 Å². The third-order valence-electron chi connectivity index (χ3n) is 6.58. The summed E-state index contributed by atoms with van der Waals surface area (Å²) in [5, 5.41) is 8.74. The van der Waals surface area contributed by atoms with Gasteiger partial charge in [0.25, 0.3) is 0 Å². The number of thiophene rings is 1. The Balaban J connectivity index is 0.00000272. The molecule has 1 aromatic rings. The molecule has 4 rings (SSSR count). The highest BCUT2D eigenvalue weighted by Gasteiger charge is 2.58. The number of nitrogens with zero attached hydrogens (tertiary/aromatic N) is 2. The van der Waals surface area contributed by atoms with E-state index < -0.39 is 0 Å². The smallest absolute Gasteiger partial charge is 0.233 e. The molecule has 1 aromatic heterocycles. The first-order valence-electron chi connectivity index (χ1n) is 11.0. The van der Waals surface area contributed by atoms with E-state index in [1.165, 1.54) is 9.78 Å². The zero-order valence-corrected chi connectivity index (χ0v) is 21.6. The maximum atomic E-state index is 12.8. The lowest BCUT2D eigenvalue weighted by Gasteiger charge is -2.22. The Morgan fingerprint density at radius 1 is 1.19 bits per heavy atom. The Labute approximate surface area is 206 Å². The molecule has 1 aliphatic heterocycles. The van der Waals surface area contributed by atoms with Crippen molar-refractivity contribution in [3.05, 3.63) is 34.5 Å². The van der Waals surface area contributed by atoms with Gasteiger partial charge in [-0.05, 0) is 43.0 Å². The highest BCUT2D eigenvalue weighted by Crippen LogP contribution is 2.52. The third kappa shape index (κ3) is 4.84. The van der Waals surface area contributed by atoms with Crippen LogP contribution in [0.2, 0.25) is 0 Å². The molecule has 31 heavy (non-hydrogen) atoms. The van der Waals surface area contributed by atoms with Gasteiger partial charge in [0.1, 0.15) is 0 Å². The molecule has 6 nitrogen and oxygen atoms in total. The number of fused-ring (bicyclic) bond motifs is 5. The molecule has 2 heterocycles. The fourth-order valence-corrected chi connectivity index (χ4v) is 5.83. The molecule has 0 spiro atoms. The second-order valence-electron chi connectivity index (χ2n) is 9.16. The summed E-state index contributed by atoms with van der Waals surface area (Å²) in [6.45, 7) is 9.08. The molecule has 2 N–H and O–H groups in total. The molecule has 8 heteroatoms. The fourth-order valence-electron chi connectivity index (χ4n) is 4.99. The maximum Gasteiger partial charge on any atom is 0.233 e. The molecule has 2 aliphatic carbocycles. The van der Waals surface area contributed by atoms with Crippen LogP contribution in [0.4, 0.5) is 0 Å². The van der Waals surface area contributed by atoms with E-state index in [1.807, 2.05) is 6.92 Å². The van der Waals surface area contributed by atoms with Gasteiger partial charge in [0.05, 0.1) is 18.4 Å². The second kappa shape index (κ2) is 10.0. The molecule has 2 fully saturated rings. The van der Waals surface area contributed by atoms with Crippen molar-refractivity contribution in [3.8, 4) is 0 Å². The maximum absolute atomic E-state index is 12.8. The van der Waals surface area contributed by atoms with Crippen LogP contribution in [0.3, 0.4) is 0 Å². The second-order valence-corrected chi connectivity index (χ2v) is 10.1. The van der Waals surface area contributed by atoms with Crippen LogP contribution >= 0.6 is 35.3 Å². The van der Waals surface area contributed by atoms with Crippen molar-refractivity contribution < 1.29 is 9.59 Å². The summed E-state index contributed by atoms with van der Waals surface area (Å²) >= 11 is 1.76. The molecule has 4 unspecified atom stereocenters. The minimum absolute atomic E-state index is 0. The van der Waals surface area contributed by atoms with Gasteiger partial charge in [0, 0.05) is 29.9 Å². The van der Waals surface area contributed by atoms with E-state index >= 15 is 0 Å². The lowest BCUT2D eigenvalue weighted by atomic mass is 9.85. The summed E-state index contributed by atoms with van der Waals surface area (Å²) in [7, 11) is 0. The zero-order chi connectivity index (χ0) is 21.3. The number of hydrogen-bond donors (Lipinski definition) is 2. The highest BCUT2D eigenvalue weighted by atomic mass is 127. The van der Waals surface area contributed by atoms with Gasteiger partial charge >= 0.3 is 0 Å². The summed E-state index contributed by atoms with van der Waals surface area (Å²) in [6, 6.07) is 4.23. The fraction of sp³-hybridized carbons (Fsp3) is 0.609. The largest absolute Gasteiger partial charge is 0.357 e. The van der Waals surface area contributed by atoms with Gasteiger partial charge in [-0.3, -0.25) is 19.5 Å². The number of carbonyl (C=O) groups is 2. The van der Waals surface area contributed by atoms with Gasteiger partial charge in [-0.25, -0.2) is 0 Å². The van der Waals surface area contributed by atoms with Gasteiger partial charge in [-0.1, -0.05) is 32.1 Å². The van der Waals surface area contributed by atoms with Crippen LogP contribution in [-0.2, 0) is 15.0 Å². The number of carbonyl (C=O) groups excluding carboxylic acids is 2. The lowest BCUT2D eigenvalue weighted by molar-refractivity contribution is -0.140. The molecule has 4 atom stereocenters. The van der Waals surface area contributed by atoms with Crippen molar-refractivity contribution >= 4 is 53.1 Å². The van der Waals surface area contributed by atoms with E-state index in [4.69, 9.17) is 4.99 Å². The van der Waals surface area contributed by atoms with Gasteiger partial charge in [0.15, 0.2) is 5.96 Å². The topological polar surface area (TPSA) is 73.8 Å². The molecule has 2 amide bonds. The van der Waals surface area contributed by atoms with E-state index in [2.05, 4.69) is 54.1 Å². The van der Waals surface area contributed by atoms with Gasteiger partial charge in [-0.15, -0.1) is 35.3 Å². The first-order chi connectivity index (χ1) is 14.4. The molecule has 1 saturated carbocycles. The van der Waals surface area contributed by atoms with E-state index in [1.54, 1.807) is 11.3 Å². The first kappa shape index (κ1) is 24.2. The van der Waals surface area contributed by atoms with Crippen LogP contribution in [0.5, 0.6) is 0 Å². The van der Waals surface area contributed by atoms with Crippen LogP contribution in [-0.4, -0.2) is 48.9 Å². The van der Waals surface area contributed by atoms with Gasteiger partial charge in [0.2, 0.25) is 11.8 Å². The quantitative estimate of drug-likeness (QED) is 0.129. The molecular weight excluding hydrogens is 523 g/mol. The summed E-state index contributed by atoms with van der Waals surface area (Å²) < 4.78 is 0. The van der Waals surface area contributed by atoms with Crippen LogP contribution in [0.15, 0.2) is 34.7 Å². The number of hydrogen-bond acceptors (Lipinski definition) is 4. The molecule has 0 radical (unpaired) electrons. The van der Waals surface area contributed by atoms with Crippen molar-refractivity contribution in [1.29, 1.82) is 0 Å². The number of nitrogens with one attached hydrogen (secondary N) is 2. The minimum Gasteiger partial charge on any atom is -0.357 e. The third-order valence-corrected chi connectivity index (χ3v) is 7.81. The van der Waals surface area contributed by atoms with E-state index in [0.29, 0.717) is 19.6 Å². The average Bonchev–Trinajstić information content (AvgIpc) is 3.50. The first-order valence-corrected chi connectivity index (χ1v) is 11.9. The Hall–Kier alpha value is -1.42. The van der Waals surface area contributed by atoms with Crippen molar-refractivity contribution in [2.45, 2.75) is 39.0 Å². The molecule has 170 valence electrons. The Kier molecular flexibility index (Phi) is 7.83. The molecule has 2 bridgehead atoms. The molecular formula is C23H33IN4O2S. The number of imide groups is 1. The summed E-state index contributed by atoms with van der Waals surface area (Å²) in [6.07, 6.45) is 5.97. The van der Waals surface area contributed by atoms with Crippen LogP contribution in [0.1, 0.15) is 38.5 Å². The number of aliphatic imine (C=N–C) groups is 1. The predicted molar refractivity (Wildman–Crippen MR) is 136 cm³/mol. The standard InChI is InChI=1S/C23H32N4O2S.HI/c1-4-24-22(26-14-23(2,3)17-7-5-12-30-17)25-10-6-11-27-20(28)18-15-8-9-16(13-15)19(18)21(27)29;/h5,7-9,12,15-16,18-19H,4,6,10-11,13-14H2,1-3H3,(H2,24,25,26);1H. The minimum atomic E-state index is -0.0983. The number of amides is 2. The van der Waals surface area contributed by atoms with Gasteiger partial charge in [-0.2, -0.15) is 0 Å². The van der Waals surface area contributed by atoms with Gasteiger partial charge < -0.3 is 10.6 Å². The van der Waals surface area contributed by atoms with Crippen LogP contribution < -0.4 is 10.6 Å². The predicted octanol–water partition coefficient (Wildman–Crippen LogP) is 3.40. The van der Waals surface area contributed by atoms with Crippen LogP contribution in [0, 0.1) is 23.7 Å². The SMILES string of the molecule is CCNC(=NCC(C)(C)c1cccs1)NCCCN1C(=O)C2C3C=CC(C3)C2C1=O.I. The van der Waals surface area contributed by atoms with Crippen molar-refractivity contribution in [2.75, 3.05) is 26.2 Å². The average molecular weight is 557 g/mol. The monoisotopic (exact) mass is 556 g/mol. The number of rotatable bonds is 8. The molecule has 1 saturated heterocycles. The highest BCUT2D eigenvalue weighted by molar-refractivity contribution is 14.0. The lowest BCUT2D eigenvalue weighted by Crippen LogP contribution is -2.40. The van der Waals surface area contributed by atoms with Crippen molar-refractivity contribution in [3.63, 3.8) is 0 Å². The number of likely N-dealkylation sites (tertiary alicyclic amines) is 1.